The Morgan fingerprint density at radius 1 is 0.966 bits per heavy atom. The molecule has 2 rings (SSSR count). The molecule has 2 aromatic carbocycles. The summed E-state index contributed by atoms with van der Waals surface area (Å²) < 4.78 is 0. The third kappa shape index (κ3) is 7.31. The van der Waals surface area contributed by atoms with Gasteiger partial charge in [-0.15, -0.1) is 0 Å². The number of hydrogen-bond acceptors (Lipinski definition) is 3. The number of hydrogen-bond donors (Lipinski definition) is 3. The molecule has 0 aliphatic carbocycles. The van der Waals surface area contributed by atoms with Gasteiger partial charge < -0.3 is 10.6 Å². The Labute approximate surface area is 186 Å². The highest BCUT2D eigenvalue weighted by molar-refractivity contribution is 7.80. The molecule has 0 radical (unpaired) electrons. The third-order valence-corrected chi connectivity index (χ3v) is 5.19. The number of rotatable bonds is 7. The summed E-state index contributed by atoms with van der Waals surface area (Å²) in [4.78, 5) is 24.2. The zero-order valence-electron chi connectivity index (χ0n) is 16.3. The second-order valence-electron chi connectivity index (χ2n) is 6.56. The number of halogens is 2. The molecule has 0 heterocycles. The van der Waals surface area contributed by atoms with Crippen LogP contribution in [0.3, 0.4) is 0 Å². The smallest absolute Gasteiger partial charge is 0.257 e. The van der Waals surface area contributed by atoms with Crippen LogP contribution in [0.1, 0.15) is 48.5 Å². The molecule has 0 spiro atoms. The molecule has 0 bridgehead atoms. The van der Waals surface area contributed by atoms with Gasteiger partial charge >= 0.3 is 0 Å². The maximum absolute atomic E-state index is 12.3. The summed E-state index contributed by atoms with van der Waals surface area (Å²) in [5.41, 5.74) is 2.41. The van der Waals surface area contributed by atoms with E-state index in [0.717, 1.165) is 19.3 Å². The SMILES string of the molecule is CCCCCC(=O)Nc1ccc(NC(=S)NC(=O)c2cc(Cl)c(C)c(Cl)c2)cc1. The molecule has 29 heavy (non-hydrogen) atoms. The van der Waals surface area contributed by atoms with Crippen LogP contribution >= 0.6 is 35.4 Å². The molecule has 2 amide bonds. The lowest BCUT2D eigenvalue weighted by molar-refractivity contribution is -0.116. The highest BCUT2D eigenvalue weighted by atomic mass is 35.5. The topological polar surface area (TPSA) is 70.2 Å². The van der Waals surface area contributed by atoms with Crippen LogP contribution in [-0.4, -0.2) is 16.9 Å². The van der Waals surface area contributed by atoms with E-state index in [1.807, 2.05) is 0 Å². The van der Waals surface area contributed by atoms with Gasteiger partial charge in [-0.2, -0.15) is 0 Å². The highest BCUT2D eigenvalue weighted by Gasteiger charge is 2.12. The quantitative estimate of drug-likeness (QED) is 0.359. The Hall–Kier alpha value is -2.15. The predicted octanol–water partition coefficient (Wildman–Crippen LogP) is 5.95. The van der Waals surface area contributed by atoms with Gasteiger partial charge in [-0.3, -0.25) is 14.9 Å². The van der Waals surface area contributed by atoms with E-state index < -0.39 is 5.91 Å². The van der Waals surface area contributed by atoms with Gasteiger partial charge in [-0.05, 0) is 67.5 Å². The normalized spacial score (nSPS) is 10.3. The third-order valence-electron chi connectivity index (χ3n) is 4.20. The number of benzene rings is 2. The lowest BCUT2D eigenvalue weighted by Gasteiger charge is -2.11. The van der Waals surface area contributed by atoms with Crippen molar-refractivity contribution in [2.24, 2.45) is 0 Å². The van der Waals surface area contributed by atoms with Crippen molar-refractivity contribution in [3.05, 3.63) is 57.6 Å². The van der Waals surface area contributed by atoms with Crippen molar-refractivity contribution in [3.63, 3.8) is 0 Å². The molecule has 0 aromatic heterocycles. The molecular formula is C21H23Cl2N3O2S. The summed E-state index contributed by atoms with van der Waals surface area (Å²) >= 11 is 17.3. The lowest BCUT2D eigenvalue weighted by atomic mass is 10.1. The summed E-state index contributed by atoms with van der Waals surface area (Å²) in [5, 5.41) is 9.33. The summed E-state index contributed by atoms with van der Waals surface area (Å²) in [6.45, 7) is 3.87. The van der Waals surface area contributed by atoms with E-state index in [9.17, 15) is 9.59 Å². The Morgan fingerprint density at radius 3 is 2.07 bits per heavy atom. The van der Waals surface area contributed by atoms with Gasteiger partial charge in [0.15, 0.2) is 5.11 Å². The van der Waals surface area contributed by atoms with Crippen LogP contribution in [0.25, 0.3) is 0 Å². The first-order chi connectivity index (χ1) is 13.8. The van der Waals surface area contributed by atoms with Gasteiger partial charge in [0.05, 0.1) is 0 Å². The average molecular weight is 452 g/mol. The molecule has 0 aliphatic rings. The molecular weight excluding hydrogens is 429 g/mol. The zero-order chi connectivity index (χ0) is 21.4. The largest absolute Gasteiger partial charge is 0.332 e. The van der Waals surface area contributed by atoms with Crippen LogP contribution < -0.4 is 16.0 Å². The Balaban J connectivity index is 1.89. The first-order valence-electron chi connectivity index (χ1n) is 9.28. The monoisotopic (exact) mass is 451 g/mol. The number of anilines is 2. The maximum atomic E-state index is 12.3. The van der Waals surface area contributed by atoms with Crippen molar-refractivity contribution in [1.29, 1.82) is 0 Å². The van der Waals surface area contributed by atoms with E-state index in [0.29, 0.717) is 39.0 Å². The molecule has 3 N–H and O–H groups in total. The van der Waals surface area contributed by atoms with Crippen molar-refractivity contribution >= 4 is 63.7 Å². The molecule has 2 aromatic rings. The Kier molecular flexibility index (Phi) is 8.89. The fourth-order valence-electron chi connectivity index (χ4n) is 2.51. The molecule has 0 fully saturated rings. The van der Waals surface area contributed by atoms with Gasteiger partial charge in [0, 0.05) is 33.4 Å². The highest BCUT2D eigenvalue weighted by Crippen LogP contribution is 2.25. The second kappa shape index (κ2) is 11.1. The number of thiocarbonyl (C=S) groups is 1. The van der Waals surface area contributed by atoms with E-state index in [-0.39, 0.29) is 11.0 Å². The maximum Gasteiger partial charge on any atom is 0.257 e. The number of unbranched alkanes of at least 4 members (excludes halogenated alkanes) is 2. The van der Waals surface area contributed by atoms with Gasteiger partial charge in [0.2, 0.25) is 5.91 Å². The van der Waals surface area contributed by atoms with E-state index in [4.69, 9.17) is 35.4 Å². The van der Waals surface area contributed by atoms with Crippen molar-refractivity contribution < 1.29 is 9.59 Å². The second-order valence-corrected chi connectivity index (χ2v) is 7.78. The van der Waals surface area contributed by atoms with E-state index in [1.165, 1.54) is 0 Å². The summed E-state index contributed by atoms with van der Waals surface area (Å²) in [5.74, 6) is -0.417. The first-order valence-corrected chi connectivity index (χ1v) is 10.4. The van der Waals surface area contributed by atoms with Crippen molar-refractivity contribution in [1.82, 2.24) is 5.32 Å². The fourth-order valence-corrected chi connectivity index (χ4v) is 3.21. The Morgan fingerprint density at radius 2 is 1.52 bits per heavy atom. The van der Waals surface area contributed by atoms with Crippen molar-refractivity contribution in [2.75, 3.05) is 10.6 Å². The van der Waals surface area contributed by atoms with Crippen LogP contribution in [0.4, 0.5) is 11.4 Å². The van der Waals surface area contributed by atoms with Crippen LogP contribution in [0, 0.1) is 6.92 Å². The molecule has 154 valence electrons. The molecule has 5 nitrogen and oxygen atoms in total. The number of amides is 2. The van der Waals surface area contributed by atoms with Gasteiger partial charge in [-0.1, -0.05) is 43.0 Å². The summed E-state index contributed by atoms with van der Waals surface area (Å²) in [6.07, 6.45) is 3.51. The van der Waals surface area contributed by atoms with E-state index in [2.05, 4.69) is 22.9 Å². The summed E-state index contributed by atoms with van der Waals surface area (Å²) in [7, 11) is 0. The Bertz CT molecular complexity index is 878. The van der Waals surface area contributed by atoms with Crippen molar-refractivity contribution in [3.8, 4) is 0 Å². The minimum Gasteiger partial charge on any atom is -0.332 e. The zero-order valence-corrected chi connectivity index (χ0v) is 18.6. The van der Waals surface area contributed by atoms with Gasteiger partial charge in [-0.25, -0.2) is 0 Å². The van der Waals surface area contributed by atoms with E-state index in [1.54, 1.807) is 43.3 Å². The number of carbonyl (C=O) groups excluding carboxylic acids is 2. The van der Waals surface area contributed by atoms with Crippen LogP contribution in [0.5, 0.6) is 0 Å². The van der Waals surface area contributed by atoms with Gasteiger partial charge in [0.25, 0.3) is 5.91 Å². The van der Waals surface area contributed by atoms with Crippen LogP contribution in [-0.2, 0) is 4.79 Å². The minimum atomic E-state index is -0.415. The molecule has 8 heteroatoms. The van der Waals surface area contributed by atoms with Crippen LogP contribution in [0.15, 0.2) is 36.4 Å². The summed E-state index contributed by atoms with van der Waals surface area (Å²) in [6, 6.07) is 10.1. The van der Waals surface area contributed by atoms with Gasteiger partial charge in [0.1, 0.15) is 0 Å². The molecule has 0 saturated heterocycles. The number of nitrogens with one attached hydrogen (secondary N) is 3. The molecule has 0 saturated carbocycles. The number of carbonyl (C=O) groups is 2. The fraction of sp³-hybridized carbons (Fsp3) is 0.286. The average Bonchev–Trinajstić information content (AvgIpc) is 2.67. The van der Waals surface area contributed by atoms with Crippen LogP contribution in [0.2, 0.25) is 10.0 Å². The minimum absolute atomic E-state index is 0.00244. The first kappa shape index (κ1) is 23.1. The molecule has 0 aliphatic heterocycles. The van der Waals surface area contributed by atoms with Crippen molar-refractivity contribution in [2.45, 2.75) is 39.5 Å². The standard InChI is InChI=1S/C21H23Cl2N3O2S/c1-3-4-5-6-19(27)24-15-7-9-16(10-8-15)25-21(29)26-20(28)14-11-17(22)13(2)18(23)12-14/h7-12H,3-6H2,1-2H3,(H,24,27)(H2,25,26,28,29). The molecule has 0 unspecified atom stereocenters. The van der Waals surface area contributed by atoms with E-state index >= 15 is 0 Å². The lowest BCUT2D eigenvalue weighted by Crippen LogP contribution is -2.34. The predicted molar refractivity (Wildman–Crippen MR) is 124 cm³/mol. The molecule has 0 atom stereocenters.